The maximum Gasteiger partial charge on any atom is 0.253 e. The van der Waals surface area contributed by atoms with Gasteiger partial charge >= 0.3 is 0 Å². The van der Waals surface area contributed by atoms with Crippen LogP contribution in [0.3, 0.4) is 0 Å². The Labute approximate surface area is 249 Å². The van der Waals surface area contributed by atoms with Crippen LogP contribution < -0.4 is 0 Å². The van der Waals surface area contributed by atoms with Crippen molar-refractivity contribution in [3.8, 4) is 0 Å². The molecular weight excluding hydrogens is 609 g/mol. The molecule has 0 spiro atoms. The van der Waals surface area contributed by atoms with E-state index >= 15 is 0 Å². The van der Waals surface area contributed by atoms with E-state index < -0.39 is 0 Å². The van der Waals surface area contributed by atoms with Crippen LogP contribution in [0.4, 0.5) is 4.39 Å². The summed E-state index contributed by atoms with van der Waals surface area (Å²) in [6.45, 7) is 0.700. The average Bonchev–Trinajstić information content (AvgIpc) is 3.56. The standard InChI is InChI=1S/C32H24BrClFN3OS/c33-24-11-7-22(8-12-24)28-17-30(23-9-15-26(35)16-10-23)38(36-28)32(39)20-40-31-19-37(29-4-2-1-3-27(29)31)18-21-5-13-25(34)14-6-21/h1-16,19,30H,17-18,20H2/t30-/m0/s1. The zero-order valence-corrected chi connectivity index (χ0v) is 24.5. The van der Waals surface area contributed by atoms with Gasteiger partial charge in [0.25, 0.3) is 5.91 Å². The third-order valence-corrected chi connectivity index (χ3v) is 8.78. The number of carbonyl (C=O) groups excluding carboxylic acids is 1. The maximum absolute atomic E-state index is 13.7. The molecule has 4 nitrogen and oxygen atoms in total. The Morgan fingerprint density at radius 2 is 1.70 bits per heavy atom. The van der Waals surface area contributed by atoms with Crippen LogP contribution in [-0.4, -0.2) is 26.9 Å². The van der Waals surface area contributed by atoms with Gasteiger partial charge in [0, 0.05) is 44.5 Å². The van der Waals surface area contributed by atoms with Gasteiger partial charge in [0.15, 0.2) is 0 Å². The van der Waals surface area contributed by atoms with Crippen LogP contribution in [0, 0.1) is 5.82 Å². The molecule has 0 aliphatic carbocycles. The summed E-state index contributed by atoms with van der Waals surface area (Å²) >= 11 is 11.1. The summed E-state index contributed by atoms with van der Waals surface area (Å²) in [6, 6.07) is 30.0. The number of thioether (sulfide) groups is 1. The molecule has 0 fully saturated rings. The van der Waals surface area contributed by atoms with Gasteiger partial charge in [-0.1, -0.05) is 82.1 Å². The molecule has 0 radical (unpaired) electrons. The van der Waals surface area contributed by atoms with Crippen molar-refractivity contribution >= 4 is 61.8 Å². The number of benzene rings is 4. The fraction of sp³-hybridized carbons (Fsp3) is 0.125. The van der Waals surface area contributed by atoms with Crippen molar-refractivity contribution in [2.24, 2.45) is 5.10 Å². The summed E-state index contributed by atoms with van der Waals surface area (Å²) in [5, 5.41) is 8.16. The fourth-order valence-electron chi connectivity index (χ4n) is 4.95. The van der Waals surface area contributed by atoms with E-state index in [9.17, 15) is 9.18 Å². The molecule has 1 aromatic heterocycles. The number of fused-ring (bicyclic) bond motifs is 1. The van der Waals surface area contributed by atoms with Gasteiger partial charge in [0.05, 0.1) is 17.5 Å². The van der Waals surface area contributed by atoms with Crippen LogP contribution in [0.5, 0.6) is 0 Å². The van der Waals surface area contributed by atoms with Gasteiger partial charge in [0.2, 0.25) is 0 Å². The normalized spacial score (nSPS) is 15.0. The average molecular weight is 633 g/mol. The smallest absolute Gasteiger partial charge is 0.253 e. The lowest BCUT2D eigenvalue weighted by atomic mass is 9.98. The Kier molecular flexibility index (Phi) is 7.78. The summed E-state index contributed by atoms with van der Waals surface area (Å²) in [4.78, 5) is 14.7. The van der Waals surface area contributed by atoms with Crippen molar-refractivity contribution in [2.75, 3.05) is 5.75 Å². The molecule has 8 heteroatoms. The number of carbonyl (C=O) groups is 1. The zero-order valence-electron chi connectivity index (χ0n) is 21.3. The second kappa shape index (κ2) is 11.6. The Balaban J connectivity index is 1.25. The molecule has 0 saturated carbocycles. The van der Waals surface area contributed by atoms with Gasteiger partial charge in [-0.2, -0.15) is 5.10 Å². The molecule has 0 bridgehead atoms. The Bertz CT molecular complexity index is 1700. The molecule has 0 saturated heterocycles. The third kappa shape index (κ3) is 5.73. The Hall–Kier alpha value is -3.39. The number of hydrogen-bond donors (Lipinski definition) is 0. The minimum atomic E-state index is -0.306. The van der Waals surface area contributed by atoms with Crippen LogP contribution in [0.1, 0.15) is 29.2 Å². The summed E-state index contributed by atoms with van der Waals surface area (Å²) in [5.74, 6) is -0.177. The molecule has 1 atom stereocenters. The second-order valence-corrected chi connectivity index (χ2v) is 12.0. The molecule has 1 aliphatic rings. The third-order valence-electron chi connectivity index (χ3n) is 6.97. The highest BCUT2D eigenvalue weighted by atomic mass is 79.9. The largest absolute Gasteiger partial charge is 0.342 e. The molecule has 200 valence electrons. The summed E-state index contributed by atoms with van der Waals surface area (Å²) < 4.78 is 16.9. The Morgan fingerprint density at radius 1 is 0.975 bits per heavy atom. The molecule has 0 N–H and O–H groups in total. The Morgan fingerprint density at radius 3 is 2.45 bits per heavy atom. The molecule has 1 aliphatic heterocycles. The van der Waals surface area contributed by atoms with Crippen LogP contribution in [0.15, 0.2) is 118 Å². The number of halogens is 3. The van der Waals surface area contributed by atoms with Crippen molar-refractivity contribution in [3.05, 3.63) is 135 Å². The highest BCUT2D eigenvalue weighted by Gasteiger charge is 2.33. The van der Waals surface area contributed by atoms with E-state index in [1.165, 1.54) is 23.9 Å². The van der Waals surface area contributed by atoms with Crippen molar-refractivity contribution < 1.29 is 9.18 Å². The molecular formula is C32H24BrClFN3OS. The lowest BCUT2D eigenvalue weighted by Gasteiger charge is -2.22. The van der Waals surface area contributed by atoms with Crippen molar-refractivity contribution in [1.82, 2.24) is 9.58 Å². The first-order valence-corrected chi connectivity index (χ1v) is 15.0. The first-order chi connectivity index (χ1) is 19.4. The van der Waals surface area contributed by atoms with Crippen LogP contribution in [0.2, 0.25) is 5.02 Å². The lowest BCUT2D eigenvalue weighted by Crippen LogP contribution is -2.28. The first kappa shape index (κ1) is 26.8. The van der Waals surface area contributed by atoms with E-state index in [2.05, 4.69) is 38.8 Å². The van der Waals surface area contributed by atoms with Gasteiger partial charge in [-0.05, 0) is 59.2 Å². The molecule has 2 heterocycles. The van der Waals surface area contributed by atoms with Gasteiger partial charge in [-0.3, -0.25) is 4.79 Å². The second-order valence-electron chi connectivity index (χ2n) is 9.62. The predicted octanol–water partition coefficient (Wildman–Crippen LogP) is 8.71. The quantitative estimate of drug-likeness (QED) is 0.168. The number of hydrogen-bond acceptors (Lipinski definition) is 3. The van der Waals surface area contributed by atoms with Crippen LogP contribution >= 0.6 is 39.3 Å². The number of rotatable bonds is 7. The number of amides is 1. The SMILES string of the molecule is O=C(CSc1cn(Cc2ccc(Cl)cc2)c2ccccc12)N1N=C(c2ccc(Br)cc2)C[C@H]1c1ccc(F)cc1. The van der Waals surface area contributed by atoms with Crippen molar-refractivity contribution in [1.29, 1.82) is 0 Å². The molecule has 0 unspecified atom stereocenters. The van der Waals surface area contributed by atoms with Crippen molar-refractivity contribution in [2.45, 2.75) is 23.9 Å². The first-order valence-electron chi connectivity index (χ1n) is 12.8. The predicted molar refractivity (Wildman–Crippen MR) is 164 cm³/mol. The topological polar surface area (TPSA) is 37.6 Å². The van der Waals surface area contributed by atoms with Crippen LogP contribution in [0.25, 0.3) is 10.9 Å². The van der Waals surface area contributed by atoms with Gasteiger partial charge in [-0.15, -0.1) is 11.8 Å². The molecule has 4 aromatic carbocycles. The molecule has 6 rings (SSSR count). The monoisotopic (exact) mass is 631 g/mol. The maximum atomic E-state index is 13.7. The number of para-hydroxylation sites is 1. The number of nitrogens with zero attached hydrogens (tertiary/aromatic N) is 3. The summed E-state index contributed by atoms with van der Waals surface area (Å²) in [7, 11) is 0. The van der Waals surface area contributed by atoms with Crippen LogP contribution in [-0.2, 0) is 11.3 Å². The van der Waals surface area contributed by atoms with Gasteiger partial charge in [-0.25, -0.2) is 9.40 Å². The lowest BCUT2D eigenvalue weighted by molar-refractivity contribution is -0.130. The highest BCUT2D eigenvalue weighted by molar-refractivity contribution is 9.10. The summed E-state index contributed by atoms with van der Waals surface area (Å²) in [5.41, 5.74) is 4.90. The van der Waals surface area contributed by atoms with E-state index in [-0.39, 0.29) is 23.5 Å². The molecule has 40 heavy (non-hydrogen) atoms. The van der Waals surface area contributed by atoms with E-state index in [1.807, 2.05) is 60.7 Å². The fourth-order valence-corrected chi connectivity index (χ4v) is 6.28. The van der Waals surface area contributed by atoms with Crippen molar-refractivity contribution in [3.63, 3.8) is 0 Å². The van der Waals surface area contributed by atoms with E-state index in [0.29, 0.717) is 18.0 Å². The minimum Gasteiger partial charge on any atom is -0.342 e. The van der Waals surface area contributed by atoms with E-state index in [4.69, 9.17) is 16.7 Å². The highest BCUT2D eigenvalue weighted by Crippen LogP contribution is 2.36. The van der Waals surface area contributed by atoms with E-state index in [1.54, 1.807) is 17.1 Å². The van der Waals surface area contributed by atoms with Gasteiger partial charge in [0.1, 0.15) is 5.82 Å². The zero-order chi connectivity index (χ0) is 27.6. The number of hydrazone groups is 1. The number of aromatic nitrogens is 1. The summed E-state index contributed by atoms with van der Waals surface area (Å²) in [6.07, 6.45) is 2.67. The minimum absolute atomic E-state index is 0.0963. The van der Waals surface area contributed by atoms with E-state index in [0.717, 1.165) is 42.7 Å². The molecule has 5 aromatic rings. The van der Waals surface area contributed by atoms with Gasteiger partial charge < -0.3 is 4.57 Å². The molecule has 1 amide bonds.